The molecule has 134 valence electrons. The van der Waals surface area contributed by atoms with E-state index < -0.39 is 0 Å². The second-order valence-electron chi connectivity index (χ2n) is 7.78. The van der Waals surface area contributed by atoms with Crippen molar-refractivity contribution >= 4 is 5.91 Å². The topological polar surface area (TPSA) is 60.1 Å². The fourth-order valence-corrected chi connectivity index (χ4v) is 3.39. The highest BCUT2D eigenvalue weighted by Gasteiger charge is 2.31. The standard InChI is InChI=1S/C19H26N4O2/c1-19(2,3)18(25)21-11-6-7-15(13-21)14-23-17(24)9-12-22(23)16-8-4-5-10-20-16/h4-5,8-10,12,15H,6-7,11,13-14H2,1-3H3/t15-/m1/s1. The Balaban J connectivity index is 1.78. The van der Waals surface area contributed by atoms with Crippen molar-refractivity contribution in [3.05, 3.63) is 47.0 Å². The predicted molar refractivity (Wildman–Crippen MR) is 96.6 cm³/mol. The molecule has 3 rings (SSSR count). The van der Waals surface area contributed by atoms with Crippen molar-refractivity contribution in [3.8, 4) is 5.82 Å². The molecule has 2 aromatic rings. The fraction of sp³-hybridized carbons (Fsp3) is 0.526. The number of carbonyl (C=O) groups excluding carboxylic acids is 1. The number of piperidine rings is 1. The van der Waals surface area contributed by atoms with Gasteiger partial charge in [-0.1, -0.05) is 26.8 Å². The molecule has 25 heavy (non-hydrogen) atoms. The molecule has 0 spiro atoms. The largest absolute Gasteiger partial charge is 0.342 e. The van der Waals surface area contributed by atoms with E-state index in [1.165, 1.54) is 0 Å². The summed E-state index contributed by atoms with van der Waals surface area (Å²) in [6.07, 6.45) is 5.47. The van der Waals surface area contributed by atoms with Crippen molar-refractivity contribution in [3.63, 3.8) is 0 Å². The first-order valence-corrected chi connectivity index (χ1v) is 8.85. The maximum atomic E-state index is 12.6. The smallest absolute Gasteiger partial charge is 0.266 e. The highest BCUT2D eigenvalue weighted by Crippen LogP contribution is 2.24. The number of pyridine rings is 1. The highest BCUT2D eigenvalue weighted by molar-refractivity contribution is 5.81. The van der Waals surface area contributed by atoms with Crippen molar-refractivity contribution in [1.29, 1.82) is 0 Å². The minimum Gasteiger partial charge on any atom is -0.342 e. The van der Waals surface area contributed by atoms with Crippen LogP contribution in [0, 0.1) is 11.3 Å². The monoisotopic (exact) mass is 342 g/mol. The summed E-state index contributed by atoms with van der Waals surface area (Å²) in [5, 5.41) is 0. The van der Waals surface area contributed by atoms with Gasteiger partial charge in [0.25, 0.3) is 5.56 Å². The lowest BCUT2D eigenvalue weighted by Gasteiger charge is -2.36. The Kier molecular flexibility index (Phi) is 4.79. The van der Waals surface area contributed by atoms with Gasteiger partial charge in [-0.2, -0.15) is 0 Å². The molecule has 2 aromatic heterocycles. The van der Waals surface area contributed by atoms with E-state index in [1.807, 2.05) is 43.9 Å². The zero-order valence-corrected chi connectivity index (χ0v) is 15.2. The average Bonchev–Trinajstić information content (AvgIpc) is 2.95. The van der Waals surface area contributed by atoms with Crippen LogP contribution < -0.4 is 5.56 Å². The maximum Gasteiger partial charge on any atom is 0.266 e. The lowest BCUT2D eigenvalue weighted by Crippen LogP contribution is -2.46. The second kappa shape index (κ2) is 6.86. The molecule has 1 aliphatic rings. The molecule has 1 saturated heterocycles. The number of aromatic nitrogens is 3. The van der Waals surface area contributed by atoms with Crippen molar-refractivity contribution < 1.29 is 4.79 Å². The van der Waals surface area contributed by atoms with Crippen LogP contribution in [0.15, 0.2) is 41.5 Å². The minimum atomic E-state index is -0.368. The number of amides is 1. The summed E-state index contributed by atoms with van der Waals surface area (Å²) >= 11 is 0. The molecule has 1 atom stereocenters. The zero-order chi connectivity index (χ0) is 18.0. The molecule has 0 aliphatic carbocycles. The molecule has 0 N–H and O–H groups in total. The summed E-state index contributed by atoms with van der Waals surface area (Å²) < 4.78 is 3.52. The molecule has 1 fully saturated rings. The Bertz CT molecular complexity index is 786. The first kappa shape index (κ1) is 17.5. The molecule has 0 bridgehead atoms. The maximum absolute atomic E-state index is 12.6. The van der Waals surface area contributed by atoms with Crippen LogP contribution in [-0.2, 0) is 11.3 Å². The number of nitrogens with zero attached hydrogens (tertiary/aromatic N) is 4. The Morgan fingerprint density at radius 3 is 2.76 bits per heavy atom. The van der Waals surface area contributed by atoms with E-state index >= 15 is 0 Å². The third-order valence-electron chi connectivity index (χ3n) is 4.64. The van der Waals surface area contributed by atoms with Crippen molar-refractivity contribution in [2.75, 3.05) is 13.1 Å². The van der Waals surface area contributed by atoms with Crippen molar-refractivity contribution in [2.45, 2.75) is 40.2 Å². The van der Waals surface area contributed by atoms with E-state index in [0.717, 1.165) is 25.2 Å². The Morgan fingerprint density at radius 1 is 1.28 bits per heavy atom. The third-order valence-corrected chi connectivity index (χ3v) is 4.64. The second-order valence-corrected chi connectivity index (χ2v) is 7.78. The summed E-state index contributed by atoms with van der Waals surface area (Å²) in [5.41, 5.74) is -0.405. The Morgan fingerprint density at radius 2 is 2.08 bits per heavy atom. The number of hydrogen-bond acceptors (Lipinski definition) is 3. The first-order chi connectivity index (χ1) is 11.9. The van der Waals surface area contributed by atoms with Gasteiger partial charge >= 0.3 is 0 Å². The van der Waals surface area contributed by atoms with E-state index in [2.05, 4.69) is 4.98 Å². The van der Waals surface area contributed by atoms with Gasteiger partial charge in [0, 0.05) is 43.5 Å². The number of rotatable bonds is 3. The SMILES string of the molecule is CC(C)(C)C(=O)N1CCC[C@@H](Cn2c(=O)ccn2-c2ccccn2)C1. The van der Waals surface area contributed by atoms with E-state index in [9.17, 15) is 9.59 Å². The normalized spacial score (nSPS) is 18.4. The minimum absolute atomic E-state index is 0.0371. The van der Waals surface area contributed by atoms with Crippen LogP contribution in [0.25, 0.3) is 5.82 Å². The predicted octanol–water partition coefficient (Wildman–Crippen LogP) is 2.32. The number of likely N-dealkylation sites (tertiary alicyclic amines) is 1. The van der Waals surface area contributed by atoms with Crippen molar-refractivity contribution in [1.82, 2.24) is 19.2 Å². The van der Waals surface area contributed by atoms with Crippen LogP contribution in [0.1, 0.15) is 33.6 Å². The summed E-state index contributed by atoms with van der Waals surface area (Å²) in [5.74, 6) is 1.18. The molecular weight excluding hydrogens is 316 g/mol. The van der Waals surface area contributed by atoms with Gasteiger partial charge in [-0.15, -0.1) is 0 Å². The van der Waals surface area contributed by atoms with E-state index in [4.69, 9.17) is 0 Å². The lowest BCUT2D eigenvalue weighted by molar-refractivity contribution is -0.141. The highest BCUT2D eigenvalue weighted by atomic mass is 16.2. The molecule has 0 radical (unpaired) electrons. The van der Waals surface area contributed by atoms with Crippen molar-refractivity contribution in [2.24, 2.45) is 11.3 Å². The van der Waals surface area contributed by atoms with Crippen LogP contribution in [0.4, 0.5) is 0 Å². The molecule has 0 unspecified atom stereocenters. The molecule has 0 aromatic carbocycles. The molecule has 6 heteroatoms. The Labute approximate surface area is 148 Å². The quantitative estimate of drug-likeness (QED) is 0.860. The zero-order valence-electron chi connectivity index (χ0n) is 15.2. The van der Waals surface area contributed by atoms with Crippen LogP contribution in [0.2, 0.25) is 0 Å². The van der Waals surface area contributed by atoms with Gasteiger partial charge in [-0.25, -0.2) is 14.3 Å². The molecule has 1 aliphatic heterocycles. The molecule has 3 heterocycles. The molecular formula is C19H26N4O2. The summed E-state index contributed by atoms with van der Waals surface area (Å²) in [6.45, 7) is 7.97. The average molecular weight is 342 g/mol. The van der Waals surface area contributed by atoms with Gasteiger partial charge in [-0.3, -0.25) is 9.59 Å². The van der Waals surface area contributed by atoms with Crippen LogP contribution >= 0.6 is 0 Å². The fourth-order valence-electron chi connectivity index (χ4n) is 3.39. The van der Waals surface area contributed by atoms with Gasteiger partial charge < -0.3 is 4.90 Å². The van der Waals surface area contributed by atoms with Crippen LogP contribution in [0.3, 0.4) is 0 Å². The molecule has 1 amide bonds. The number of carbonyl (C=O) groups is 1. The number of hydrogen-bond donors (Lipinski definition) is 0. The summed E-state index contributed by atoms with van der Waals surface area (Å²) in [7, 11) is 0. The first-order valence-electron chi connectivity index (χ1n) is 8.85. The molecule has 6 nitrogen and oxygen atoms in total. The van der Waals surface area contributed by atoms with E-state index in [-0.39, 0.29) is 22.8 Å². The van der Waals surface area contributed by atoms with E-state index in [0.29, 0.717) is 13.1 Å². The van der Waals surface area contributed by atoms with Gasteiger partial charge in [0.1, 0.15) is 0 Å². The van der Waals surface area contributed by atoms with Gasteiger partial charge in [0.05, 0.1) is 0 Å². The van der Waals surface area contributed by atoms with Crippen LogP contribution in [-0.4, -0.2) is 38.2 Å². The van der Waals surface area contributed by atoms with Gasteiger partial charge in [-0.05, 0) is 30.9 Å². The molecule has 0 saturated carbocycles. The summed E-state index contributed by atoms with van der Waals surface area (Å²) in [6, 6.07) is 7.20. The third kappa shape index (κ3) is 3.83. The lowest BCUT2D eigenvalue weighted by atomic mass is 9.91. The van der Waals surface area contributed by atoms with Gasteiger partial charge in [0.2, 0.25) is 5.91 Å². The van der Waals surface area contributed by atoms with E-state index in [1.54, 1.807) is 27.8 Å². The summed E-state index contributed by atoms with van der Waals surface area (Å²) in [4.78, 5) is 31.1. The van der Waals surface area contributed by atoms with Crippen LogP contribution in [0.5, 0.6) is 0 Å². The Hall–Kier alpha value is -2.37. The van der Waals surface area contributed by atoms with Gasteiger partial charge in [0.15, 0.2) is 5.82 Å².